The number of ether oxygens (including phenoxy) is 1. The van der Waals surface area contributed by atoms with Crippen LogP contribution in [0.3, 0.4) is 0 Å². The van der Waals surface area contributed by atoms with Gasteiger partial charge in [-0.05, 0) is 58.9 Å². The summed E-state index contributed by atoms with van der Waals surface area (Å²) in [7, 11) is -5.23. The summed E-state index contributed by atoms with van der Waals surface area (Å²) in [5.74, 6) is 0. The molecule has 1 fully saturated rings. The van der Waals surface area contributed by atoms with Crippen molar-refractivity contribution in [1.29, 1.82) is 0 Å². The van der Waals surface area contributed by atoms with Gasteiger partial charge in [-0.3, -0.25) is 0 Å². The largest absolute Gasteiger partial charge is 0.415 e. The number of hydrogen-bond donors (Lipinski definition) is 1. The van der Waals surface area contributed by atoms with E-state index >= 15 is 0 Å². The molecular formula is C14H34O5Si3. The Labute approximate surface area is 138 Å². The van der Waals surface area contributed by atoms with Gasteiger partial charge in [0.1, 0.15) is 18.3 Å². The summed E-state index contributed by atoms with van der Waals surface area (Å²) in [6, 6.07) is 0. The average Bonchev–Trinajstić information content (AvgIpc) is 2.49. The second-order valence-electron chi connectivity index (χ2n) is 8.88. The first-order valence-electron chi connectivity index (χ1n) is 8.01. The van der Waals surface area contributed by atoms with Crippen LogP contribution in [0.15, 0.2) is 0 Å². The minimum absolute atomic E-state index is 0.259. The fraction of sp³-hybridized carbons (Fsp3) is 1.00. The molecule has 4 atom stereocenters. The maximum absolute atomic E-state index is 10.3. The fourth-order valence-corrected chi connectivity index (χ4v) is 5.09. The number of aliphatic hydroxyl groups is 1. The van der Waals surface area contributed by atoms with Gasteiger partial charge in [0, 0.05) is 0 Å². The summed E-state index contributed by atoms with van der Waals surface area (Å²) in [6.45, 7) is 19.6. The van der Waals surface area contributed by atoms with Crippen molar-refractivity contribution in [2.75, 3.05) is 6.61 Å². The fourth-order valence-electron chi connectivity index (χ4n) is 2.26. The predicted molar refractivity (Wildman–Crippen MR) is 96.6 cm³/mol. The van der Waals surface area contributed by atoms with Gasteiger partial charge in [-0.1, -0.05) is 0 Å². The molecule has 1 aliphatic rings. The monoisotopic (exact) mass is 366 g/mol. The van der Waals surface area contributed by atoms with Crippen LogP contribution in [0.2, 0.25) is 58.9 Å². The summed E-state index contributed by atoms with van der Waals surface area (Å²) in [5, 5.41) is 10.3. The second-order valence-corrected chi connectivity index (χ2v) is 22.3. The first-order chi connectivity index (χ1) is 9.68. The van der Waals surface area contributed by atoms with Crippen LogP contribution in [-0.4, -0.2) is 61.3 Å². The number of hydrogen-bond acceptors (Lipinski definition) is 5. The molecule has 0 aromatic carbocycles. The SMILES string of the molecule is C[Si](C)(C)OC[C@H]1OC(O)[C@@H](O[Si](C)(C)C)[C@@H]1O[Si](C)(C)C. The van der Waals surface area contributed by atoms with Gasteiger partial charge in [-0.15, -0.1) is 0 Å². The first kappa shape index (κ1) is 20.5. The van der Waals surface area contributed by atoms with E-state index in [1.807, 2.05) is 0 Å². The summed E-state index contributed by atoms with van der Waals surface area (Å²) in [6.07, 6.45) is -1.89. The zero-order chi connectivity index (χ0) is 17.3. The lowest BCUT2D eigenvalue weighted by molar-refractivity contribution is -0.128. The quantitative estimate of drug-likeness (QED) is 0.702. The van der Waals surface area contributed by atoms with E-state index in [0.717, 1.165) is 0 Å². The maximum atomic E-state index is 10.3. The van der Waals surface area contributed by atoms with E-state index in [-0.39, 0.29) is 12.2 Å². The molecule has 0 saturated carbocycles. The van der Waals surface area contributed by atoms with Crippen LogP contribution in [0, 0.1) is 0 Å². The van der Waals surface area contributed by atoms with E-state index in [4.69, 9.17) is 18.0 Å². The van der Waals surface area contributed by atoms with Crippen molar-refractivity contribution in [2.45, 2.75) is 83.5 Å². The van der Waals surface area contributed by atoms with E-state index in [0.29, 0.717) is 6.61 Å². The molecule has 0 radical (unpaired) electrons. The molecule has 0 aromatic heterocycles. The zero-order valence-electron chi connectivity index (χ0n) is 15.6. The number of rotatable bonds is 7. The molecule has 22 heavy (non-hydrogen) atoms. The van der Waals surface area contributed by atoms with Crippen molar-refractivity contribution in [3.05, 3.63) is 0 Å². The van der Waals surface area contributed by atoms with Crippen LogP contribution in [0.1, 0.15) is 0 Å². The first-order valence-corrected chi connectivity index (χ1v) is 18.2. The molecule has 8 heteroatoms. The Bertz CT molecular complexity index is 359. The van der Waals surface area contributed by atoms with E-state index < -0.39 is 37.3 Å². The molecule has 0 bridgehead atoms. The molecule has 1 unspecified atom stereocenters. The van der Waals surface area contributed by atoms with Gasteiger partial charge >= 0.3 is 0 Å². The summed E-state index contributed by atoms with van der Waals surface area (Å²) < 4.78 is 24.1. The molecule has 1 heterocycles. The summed E-state index contributed by atoms with van der Waals surface area (Å²) in [4.78, 5) is 0. The van der Waals surface area contributed by atoms with Crippen LogP contribution in [-0.2, 0) is 18.0 Å². The number of aliphatic hydroxyl groups excluding tert-OH is 1. The van der Waals surface area contributed by atoms with Crippen molar-refractivity contribution in [3.8, 4) is 0 Å². The molecule has 132 valence electrons. The zero-order valence-corrected chi connectivity index (χ0v) is 18.6. The van der Waals surface area contributed by atoms with E-state index in [1.54, 1.807) is 0 Å². The normalized spacial score (nSPS) is 30.8. The summed E-state index contributed by atoms with van der Waals surface area (Å²) >= 11 is 0. The average molecular weight is 367 g/mol. The summed E-state index contributed by atoms with van der Waals surface area (Å²) in [5.41, 5.74) is 0. The molecular weight excluding hydrogens is 332 g/mol. The lowest BCUT2D eigenvalue weighted by atomic mass is 10.1. The lowest BCUT2D eigenvalue weighted by Crippen LogP contribution is -2.49. The van der Waals surface area contributed by atoms with Crippen molar-refractivity contribution < 1.29 is 23.1 Å². The van der Waals surface area contributed by atoms with Gasteiger partial charge in [0.05, 0.1) is 6.61 Å². The van der Waals surface area contributed by atoms with Crippen molar-refractivity contribution in [1.82, 2.24) is 0 Å². The Morgan fingerprint density at radius 1 is 0.773 bits per heavy atom. The molecule has 0 aromatic rings. The minimum atomic E-state index is -1.81. The second kappa shape index (κ2) is 7.14. The maximum Gasteiger partial charge on any atom is 0.184 e. The Hall–Kier alpha value is 0.451. The Morgan fingerprint density at radius 3 is 1.64 bits per heavy atom. The van der Waals surface area contributed by atoms with Crippen LogP contribution in [0.5, 0.6) is 0 Å². The Balaban J connectivity index is 2.87. The van der Waals surface area contributed by atoms with E-state index in [1.165, 1.54) is 0 Å². The standard InChI is InChI=1S/C14H34O5Si3/c1-20(2,3)16-10-11-12(18-21(4,5)6)13(14(15)17-11)19-22(7,8)9/h11-15H,10H2,1-9H3/t11-,12-,13+,14?/m1/s1. The van der Waals surface area contributed by atoms with Gasteiger partial charge in [-0.2, -0.15) is 0 Å². The third kappa shape index (κ3) is 7.35. The lowest BCUT2D eigenvalue weighted by Gasteiger charge is -2.33. The molecule has 1 N–H and O–H groups in total. The van der Waals surface area contributed by atoms with Gasteiger partial charge < -0.3 is 23.1 Å². The Kier molecular flexibility index (Phi) is 6.65. The molecule has 1 rings (SSSR count). The van der Waals surface area contributed by atoms with Gasteiger partial charge in [-0.25, -0.2) is 0 Å². The van der Waals surface area contributed by atoms with Gasteiger partial charge in [0.25, 0.3) is 0 Å². The van der Waals surface area contributed by atoms with Crippen molar-refractivity contribution in [2.24, 2.45) is 0 Å². The van der Waals surface area contributed by atoms with E-state index in [2.05, 4.69) is 58.9 Å². The predicted octanol–water partition coefficient (Wildman–Crippen LogP) is 3.00. The smallest absolute Gasteiger partial charge is 0.184 e. The highest BCUT2D eigenvalue weighted by Crippen LogP contribution is 2.30. The van der Waals surface area contributed by atoms with Crippen LogP contribution >= 0.6 is 0 Å². The molecule has 0 amide bonds. The van der Waals surface area contributed by atoms with E-state index in [9.17, 15) is 5.11 Å². The molecule has 1 saturated heterocycles. The topological polar surface area (TPSA) is 57.2 Å². The third-order valence-corrected chi connectivity index (χ3v) is 5.94. The molecule has 0 spiro atoms. The molecule has 5 nitrogen and oxygen atoms in total. The minimum Gasteiger partial charge on any atom is -0.415 e. The van der Waals surface area contributed by atoms with Crippen molar-refractivity contribution >= 4 is 25.0 Å². The third-order valence-electron chi connectivity index (χ3n) is 2.95. The van der Waals surface area contributed by atoms with Crippen LogP contribution in [0.4, 0.5) is 0 Å². The Morgan fingerprint density at radius 2 is 1.23 bits per heavy atom. The van der Waals surface area contributed by atoms with Crippen LogP contribution in [0.25, 0.3) is 0 Å². The highest BCUT2D eigenvalue weighted by molar-refractivity contribution is 6.70. The molecule has 0 aliphatic carbocycles. The van der Waals surface area contributed by atoms with Crippen LogP contribution < -0.4 is 0 Å². The highest BCUT2D eigenvalue weighted by atomic mass is 28.4. The van der Waals surface area contributed by atoms with Gasteiger partial charge in [0.2, 0.25) is 0 Å². The van der Waals surface area contributed by atoms with Gasteiger partial charge in [0.15, 0.2) is 31.2 Å². The van der Waals surface area contributed by atoms with Crippen molar-refractivity contribution in [3.63, 3.8) is 0 Å². The highest BCUT2D eigenvalue weighted by Gasteiger charge is 2.48. The molecule has 1 aliphatic heterocycles.